The van der Waals surface area contributed by atoms with Crippen molar-refractivity contribution in [1.29, 1.82) is 0 Å². The fourth-order valence-electron chi connectivity index (χ4n) is 2.52. The molecule has 1 aliphatic rings. The van der Waals surface area contributed by atoms with Gasteiger partial charge in [0.1, 0.15) is 0 Å². The van der Waals surface area contributed by atoms with E-state index in [2.05, 4.69) is 0 Å². The molecular weight excluding hydrogens is 287 g/mol. The maximum Gasteiger partial charge on any atom is 0.416 e. The number of benzene rings is 1. The average molecular weight is 303 g/mol. The summed E-state index contributed by atoms with van der Waals surface area (Å²) in [5, 5.41) is 18.2. The molecule has 1 aromatic carbocycles. The molecule has 0 bridgehead atoms. The lowest BCUT2D eigenvalue weighted by Crippen LogP contribution is -2.35. The summed E-state index contributed by atoms with van der Waals surface area (Å²) in [6.45, 7) is 1.13. The topological polar surface area (TPSA) is 60.8 Å². The van der Waals surface area contributed by atoms with Gasteiger partial charge in [0.25, 0.3) is 0 Å². The van der Waals surface area contributed by atoms with Crippen LogP contribution in [0.4, 0.5) is 18.9 Å². The number of rotatable bonds is 3. The van der Waals surface area contributed by atoms with Gasteiger partial charge in [0.2, 0.25) is 0 Å². The van der Waals surface area contributed by atoms with Crippen LogP contribution in [-0.2, 0) is 6.18 Å². The minimum Gasteiger partial charge on any atom is -0.478 e. The second-order valence-electron chi connectivity index (χ2n) is 5.15. The molecule has 0 aliphatic carbocycles. The van der Waals surface area contributed by atoms with Crippen molar-refractivity contribution >= 4 is 11.7 Å². The predicted octanol–water partition coefficient (Wildman–Crippen LogP) is 2.61. The molecule has 1 fully saturated rings. The number of aliphatic hydroxyl groups excluding tert-OH is 1. The lowest BCUT2D eigenvalue weighted by Gasteiger charge is -2.33. The number of halogens is 3. The Hall–Kier alpha value is -1.76. The quantitative estimate of drug-likeness (QED) is 0.901. The highest BCUT2D eigenvalue weighted by Gasteiger charge is 2.32. The van der Waals surface area contributed by atoms with E-state index in [0.717, 1.165) is 6.07 Å². The molecular formula is C14H16F3NO3. The number of hydrogen-bond donors (Lipinski definition) is 2. The van der Waals surface area contributed by atoms with Crippen LogP contribution in [0.5, 0.6) is 0 Å². The lowest BCUT2D eigenvalue weighted by molar-refractivity contribution is -0.137. The molecule has 0 spiro atoms. The predicted molar refractivity (Wildman–Crippen MR) is 70.4 cm³/mol. The summed E-state index contributed by atoms with van der Waals surface area (Å²) in [5.41, 5.74) is -1.01. The first-order valence-corrected chi connectivity index (χ1v) is 6.63. The molecule has 1 saturated heterocycles. The maximum atomic E-state index is 12.7. The van der Waals surface area contributed by atoms with E-state index in [-0.39, 0.29) is 18.1 Å². The van der Waals surface area contributed by atoms with Gasteiger partial charge in [-0.2, -0.15) is 13.2 Å². The van der Waals surface area contributed by atoms with Crippen LogP contribution >= 0.6 is 0 Å². The van der Waals surface area contributed by atoms with Crippen molar-refractivity contribution in [3.05, 3.63) is 29.3 Å². The van der Waals surface area contributed by atoms with E-state index in [1.165, 1.54) is 6.07 Å². The van der Waals surface area contributed by atoms with Crippen LogP contribution in [0.3, 0.4) is 0 Å². The molecule has 0 radical (unpaired) electrons. The Morgan fingerprint density at radius 3 is 2.38 bits per heavy atom. The number of hydrogen-bond acceptors (Lipinski definition) is 3. The molecule has 1 aromatic rings. The number of anilines is 1. The van der Waals surface area contributed by atoms with Crippen molar-refractivity contribution in [3.8, 4) is 0 Å². The third-order valence-corrected chi connectivity index (χ3v) is 3.77. The van der Waals surface area contributed by atoms with E-state index in [0.29, 0.717) is 37.7 Å². The van der Waals surface area contributed by atoms with Crippen molar-refractivity contribution in [1.82, 2.24) is 0 Å². The lowest BCUT2D eigenvalue weighted by atomic mass is 9.96. The summed E-state index contributed by atoms with van der Waals surface area (Å²) in [7, 11) is 0. The Kier molecular flexibility index (Phi) is 4.41. The van der Waals surface area contributed by atoms with Crippen molar-refractivity contribution in [2.45, 2.75) is 19.0 Å². The van der Waals surface area contributed by atoms with Crippen molar-refractivity contribution in [2.75, 3.05) is 24.6 Å². The minimum atomic E-state index is -4.56. The number of nitrogens with zero attached hydrogens (tertiary/aromatic N) is 1. The summed E-state index contributed by atoms with van der Waals surface area (Å²) in [4.78, 5) is 13.0. The van der Waals surface area contributed by atoms with E-state index in [4.69, 9.17) is 10.2 Å². The number of aliphatic hydroxyl groups is 1. The number of carboxylic acids is 1. The van der Waals surface area contributed by atoms with Gasteiger partial charge in [0.15, 0.2) is 0 Å². The normalized spacial score (nSPS) is 17.0. The Labute approximate surface area is 119 Å². The Bertz CT molecular complexity index is 523. The van der Waals surface area contributed by atoms with Gasteiger partial charge in [-0.15, -0.1) is 0 Å². The Morgan fingerprint density at radius 1 is 1.29 bits per heavy atom. The molecule has 0 atom stereocenters. The summed E-state index contributed by atoms with van der Waals surface area (Å²) in [5.74, 6) is -1.20. The van der Waals surface area contributed by atoms with Gasteiger partial charge in [-0.3, -0.25) is 0 Å². The molecule has 0 aromatic heterocycles. The molecule has 7 heteroatoms. The van der Waals surface area contributed by atoms with Gasteiger partial charge in [-0.05, 0) is 37.0 Å². The maximum absolute atomic E-state index is 12.7. The monoisotopic (exact) mass is 303 g/mol. The average Bonchev–Trinajstić information content (AvgIpc) is 2.45. The fourth-order valence-corrected chi connectivity index (χ4v) is 2.52. The van der Waals surface area contributed by atoms with Crippen LogP contribution in [-0.4, -0.2) is 35.9 Å². The molecule has 0 unspecified atom stereocenters. The molecule has 2 rings (SSSR count). The first-order valence-electron chi connectivity index (χ1n) is 6.63. The van der Waals surface area contributed by atoms with Crippen LogP contribution in [0.25, 0.3) is 0 Å². The second-order valence-corrected chi connectivity index (χ2v) is 5.15. The third-order valence-electron chi connectivity index (χ3n) is 3.77. The Balaban J connectivity index is 2.29. The second kappa shape index (κ2) is 5.93. The number of piperidine rings is 1. The first kappa shape index (κ1) is 15.6. The van der Waals surface area contributed by atoms with E-state index in [1.807, 2.05) is 0 Å². The highest BCUT2D eigenvalue weighted by atomic mass is 19.4. The van der Waals surface area contributed by atoms with Crippen molar-refractivity contribution in [2.24, 2.45) is 5.92 Å². The minimum absolute atomic E-state index is 0.0760. The van der Waals surface area contributed by atoms with Crippen molar-refractivity contribution in [3.63, 3.8) is 0 Å². The Morgan fingerprint density at radius 2 is 1.90 bits per heavy atom. The fraction of sp³-hybridized carbons (Fsp3) is 0.500. The van der Waals surface area contributed by atoms with Crippen LogP contribution in [0, 0.1) is 5.92 Å². The highest BCUT2D eigenvalue weighted by Crippen LogP contribution is 2.34. The molecule has 21 heavy (non-hydrogen) atoms. The van der Waals surface area contributed by atoms with E-state index >= 15 is 0 Å². The zero-order valence-corrected chi connectivity index (χ0v) is 11.2. The van der Waals surface area contributed by atoms with E-state index in [9.17, 15) is 18.0 Å². The zero-order valence-electron chi connectivity index (χ0n) is 11.2. The van der Waals surface area contributed by atoms with Gasteiger partial charge in [0, 0.05) is 19.7 Å². The van der Waals surface area contributed by atoms with E-state index in [1.54, 1.807) is 4.90 Å². The largest absolute Gasteiger partial charge is 0.478 e. The van der Waals surface area contributed by atoms with Gasteiger partial charge in [-0.1, -0.05) is 0 Å². The van der Waals surface area contributed by atoms with Gasteiger partial charge in [0.05, 0.1) is 16.8 Å². The van der Waals surface area contributed by atoms with Gasteiger partial charge in [-0.25, -0.2) is 4.79 Å². The third kappa shape index (κ3) is 3.47. The molecule has 4 nitrogen and oxygen atoms in total. The van der Waals surface area contributed by atoms with Crippen molar-refractivity contribution < 1.29 is 28.2 Å². The van der Waals surface area contributed by atoms with Gasteiger partial charge >= 0.3 is 12.1 Å². The summed E-state index contributed by atoms with van der Waals surface area (Å²) >= 11 is 0. The molecule has 2 N–H and O–H groups in total. The SMILES string of the molecule is O=C(O)c1cc(C(F)(F)F)ccc1N1CCC(CO)CC1. The summed E-state index contributed by atoms with van der Waals surface area (Å²) in [6, 6.07) is 2.79. The molecule has 0 amide bonds. The number of carboxylic acid groups (broad SMARTS) is 1. The van der Waals surface area contributed by atoms with E-state index < -0.39 is 17.7 Å². The molecule has 0 saturated carbocycles. The summed E-state index contributed by atoms with van der Waals surface area (Å²) in [6.07, 6.45) is -3.18. The van der Waals surface area contributed by atoms with Crippen LogP contribution in [0.1, 0.15) is 28.8 Å². The number of aromatic carboxylic acids is 1. The molecule has 1 heterocycles. The first-order chi connectivity index (χ1) is 9.82. The standard InChI is InChI=1S/C14H16F3NO3/c15-14(16,17)10-1-2-12(11(7-10)13(20)21)18-5-3-9(8-19)4-6-18/h1-2,7,9,19H,3-6,8H2,(H,20,21). The highest BCUT2D eigenvalue weighted by molar-refractivity contribution is 5.94. The number of alkyl halides is 3. The smallest absolute Gasteiger partial charge is 0.416 e. The zero-order chi connectivity index (χ0) is 15.6. The van der Waals surface area contributed by atoms with Crippen LogP contribution in [0.15, 0.2) is 18.2 Å². The molecule has 116 valence electrons. The van der Waals surface area contributed by atoms with Crippen LogP contribution in [0.2, 0.25) is 0 Å². The summed E-state index contributed by atoms with van der Waals surface area (Å²) < 4.78 is 38.0. The van der Waals surface area contributed by atoms with Gasteiger partial charge < -0.3 is 15.1 Å². The van der Waals surface area contributed by atoms with Crippen LogP contribution < -0.4 is 4.90 Å². The number of carbonyl (C=O) groups is 1. The molecule has 1 aliphatic heterocycles.